The number of carbonyl (C=O) groups excluding carboxylic acids is 1. The Balaban J connectivity index is 2.05. The summed E-state index contributed by atoms with van der Waals surface area (Å²) in [6, 6.07) is 7.26. The van der Waals surface area contributed by atoms with Crippen LogP contribution in [0.4, 0.5) is 0 Å². The number of hydrogen-bond donors (Lipinski definition) is 0. The van der Waals surface area contributed by atoms with Crippen LogP contribution in [-0.2, 0) is 0 Å². The van der Waals surface area contributed by atoms with Crippen molar-refractivity contribution in [1.82, 2.24) is 4.90 Å². The van der Waals surface area contributed by atoms with Crippen LogP contribution in [0, 0.1) is 5.92 Å². The number of likely N-dealkylation sites (tertiary alicyclic amines) is 1. The van der Waals surface area contributed by atoms with Gasteiger partial charge in [0.1, 0.15) is 0 Å². The minimum Gasteiger partial charge on any atom is -0.338 e. The lowest BCUT2D eigenvalue weighted by molar-refractivity contribution is 0.0787. The molecule has 0 aromatic heterocycles. The molecule has 2 nitrogen and oxygen atoms in total. The van der Waals surface area contributed by atoms with Crippen LogP contribution >= 0.6 is 27.5 Å². The first-order chi connectivity index (χ1) is 8.22. The maximum absolute atomic E-state index is 12.2. The van der Waals surface area contributed by atoms with Gasteiger partial charge in [-0.1, -0.05) is 39.7 Å². The minimum atomic E-state index is 0.0627. The molecule has 17 heavy (non-hydrogen) atoms. The summed E-state index contributed by atoms with van der Waals surface area (Å²) in [4.78, 5) is 14.2. The van der Waals surface area contributed by atoms with Crippen LogP contribution in [0.25, 0.3) is 0 Å². The van der Waals surface area contributed by atoms with E-state index in [1.54, 1.807) is 12.1 Å². The molecule has 92 valence electrons. The topological polar surface area (TPSA) is 20.3 Å². The minimum absolute atomic E-state index is 0.0627. The number of carbonyl (C=O) groups is 1. The van der Waals surface area contributed by atoms with Crippen LogP contribution < -0.4 is 0 Å². The highest BCUT2D eigenvalue weighted by atomic mass is 79.9. The molecule has 1 atom stereocenters. The lowest BCUT2D eigenvalue weighted by Gasteiger charge is -2.17. The fourth-order valence-electron chi connectivity index (χ4n) is 2.21. The van der Waals surface area contributed by atoms with Crippen molar-refractivity contribution in [1.29, 1.82) is 0 Å². The molecule has 1 heterocycles. The van der Waals surface area contributed by atoms with Crippen molar-refractivity contribution in [3.05, 3.63) is 34.9 Å². The van der Waals surface area contributed by atoms with Gasteiger partial charge in [-0.25, -0.2) is 0 Å². The van der Waals surface area contributed by atoms with E-state index in [2.05, 4.69) is 15.9 Å². The zero-order valence-corrected chi connectivity index (χ0v) is 11.9. The zero-order chi connectivity index (χ0) is 12.3. The molecule has 0 radical (unpaired) electrons. The molecule has 1 saturated heterocycles. The second-order valence-corrected chi connectivity index (χ2v) is 5.56. The van der Waals surface area contributed by atoms with Crippen molar-refractivity contribution >= 4 is 33.4 Å². The second-order valence-electron chi connectivity index (χ2n) is 4.36. The summed E-state index contributed by atoms with van der Waals surface area (Å²) >= 11 is 9.49. The van der Waals surface area contributed by atoms with E-state index in [9.17, 15) is 4.79 Å². The maximum atomic E-state index is 12.2. The third-order valence-corrected chi connectivity index (χ3v) is 3.98. The fraction of sp³-hybridized carbons (Fsp3) is 0.462. The van der Waals surface area contributed by atoms with E-state index in [1.807, 2.05) is 17.0 Å². The molecule has 0 N–H and O–H groups in total. The standard InChI is InChI=1S/C13H15BrClNO/c14-7-5-10-6-8-16(9-10)13(17)11-3-1-2-4-12(11)15/h1-4,10H,5-9H2. The highest BCUT2D eigenvalue weighted by molar-refractivity contribution is 9.09. The van der Waals surface area contributed by atoms with E-state index < -0.39 is 0 Å². The summed E-state index contributed by atoms with van der Waals surface area (Å²) in [7, 11) is 0. The molecule has 0 aliphatic carbocycles. The molecule has 1 unspecified atom stereocenters. The van der Waals surface area contributed by atoms with Crippen LogP contribution in [0.2, 0.25) is 5.02 Å². The molecule has 1 aliphatic heterocycles. The summed E-state index contributed by atoms with van der Waals surface area (Å²) in [5, 5.41) is 1.55. The molecule has 0 spiro atoms. The van der Waals surface area contributed by atoms with Crippen LogP contribution in [0.5, 0.6) is 0 Å². The first-order valence-electron chi connectivity index (χ1n) is 5.82. The highest BCUT2D eigenvalue weighted by Gasteiger charge is 2.27. The monoisotopic (exact) mass is 315 g/mol. The normalized spacial score (nSPS) is 19.6. The van der Waals surface area contributed by atoms with Gasteiger partial charge in [-0.15, -0.1) is 0 Å². The van der Waals surface area contributed by atoms with E-state index in [1.165, 1.54) is 0 Å². The summed E-state index contributed by atoms with van der Waals surface area (Å²) in [6.07, 6.45) is 2.23. The number of alkyl halides is 1. The molecule has 1 fully saturated rings. The Hall–Kier alpha value is -0.540. The van der Waals surface area contributed by atoms with Crippen molar-refractivity contribution in [2.24, 2.45) is 5.92 Å². The summed E-state index contributed by atoms with van der Waals surface area (Å²) in [6.45, 7) is 1.71. The van der Waals surface area contributed by atoms with Gasteiger partial charge < -0.3 is 4.90 Å². The largest absolute Gasteiger partial charge is 0.338 e. The SMILES string of the molecule is O=C(c1ccccc1Cl)N1CCC(CCBr)C1. The van der Waals surface area contributed by atoms with Crippen LogP contribution in [0.15, 0.2) is 24.3 Å². The number of halogens is 2. The Bertz CT molecular complexity index is 410. The average Bonchev–Trinajstić information content (AvgIpc) is 2.78. The molecule has 2 rings (SSSR count). The Kier molecular flexibility index (Phi) is 4.46. The van der Waals surface area contributed by atoms with Crippen LogP contribution in [-0.4, -0.2) is 29.2 Å². The summed E-state index contributed by atoms with van der Waals surface area (Å²) < 4.78 is 0. The molecule has 1 aromatic rings. The van der Waals surface area contributed by atoms with Gasteiger partial charge in [-0.05, 0) is 30.9 Å². The lowest BCUT2D eigenvalue weighted by atomic mass is 10.1. The number of benzene rings is 1. The van der Waals surface area contributed by atoms with E-state index >= 15 is 0 Å². The van der Waals surface area contributed by atoms with E-state index in [0.29, 0.717) is 16.5 Å². The Labute approximate surface area is 115 Å². The van der Waals surface area contributed by atoms with Crippen molar-refractivity contribution in [2.75, 3.05) is 18.4 Å². The van der Waals surface area contributed by atoms with Gasteiger partial charge in [0, 0.05) is 18.4 Å². The van der Waals surface area contributed by atoms with Crippen molar-refractivity contribution in [2.45, 2.75) is 12.8 Å². The molecule has 1 aliphatic rings. The number of amides is 1. The van der Waals surface area contributed by atoms with Gasteiger partial charge in [0.2, 0.25) is 0 Å². The van der Waals surface area contributed by atoms with Crippen LogP contribution in [0.1, 0.15) is 23.2 Å². The van der Waals surface area contributed by atoms with Gasteiger partial charge in [0.15, 0.2) is 0 Å². The lowest BCUT2D eigenvalue weighted by Crippen LogP contribution is -2.28. The molecular formula is C13H15BrClNO. The Morgan fingerprint density at radius 2 is 2.24 bits per heavy atom. The van der Waals surface area contributed by atoms with Crippen molar-refractivity contribution < 1.29 is 4.79 Å². The van der Waals surface area contributed by atoms with E-state index in [0.717, 1.165) is 31.3 Å². The molecule has 1 aromatic carbocycles. The predicted octanol–water partition coefficient (Wildman–Crippen LogP) is 3.59. The predicted molar refractivity (Wildman–Crippen MR) is 73.9 cm³/mol. The third kappa shape index (κ3) is 3.02. The summed E-state index contributed by atoms with van der Waals surface area (Å²) in [5.41, 5.74) is 0.619. The van der Waals surface area contributed by atoms with E-state index in [4.69, 9.17) is 11.6 Å². The highest BCUT2D eigenvalue weighted by Crippen LogP contribution is 2.24. The zero-order valence-electron chi connectivity index (χ0n) is 9.53. The molecule has 4 heteroatoms. The molecule has 0 bridgehead atoms. The van der Waals surface area contributed by atoms with E-state index in [-0.39, 0.29) is 5.91 Å². The quantitative estimate of drug-likeness (QED) is 0.780. The second kappa shape index (κ2) is 5.87. The van der Waals surface area contributed by atoms with Crippen molar-refractivity contribution in [3.8, 4) is 0 Å². The summed E-state index contributed by atoms with van der Waals surface area (Å²) in [5.74, 6) is 0.688. The molecule has 1 amide bonds. The average molecular weight is 317 g/mol. The third-order valence-electron chi connectivity index (χ3n) is 3.19. The maximum Gasteiger partial charge on any atom is 0.255 e. The van der Waals surface area contributed by atoms with Gasteiger partial charge in [-0.2, -0.15) is 0 Å². The van der Waals surface area contributed by atoms with Gasteiger partial charge in [0.25, 0.3) is 5.91 Å². The molecule has 0 saturated carbocycles. The first kappa shape index (κ1) is 12.9. The first-order valence-corrected chi connectivity index (χ1v) is 7.32. The molecular weight excluding hydrogens is 302 g/mol. The van der Waals surface area contributed by atoms with Gasteiger partial charge in [-0.3, -0.25) is 4.79 Å². The van der Waals surface area contributed by atoms with Crippen LogP contribution in [0.3, 0.4) is 0 Å². The van der Waals surface area contributed by atoms with Crippen molar-refractivity contribution in [3.63, 3.8) is 0 Å². The fourth-order valence-corrected chi connectivity index (χ4v) is 3.08. The smallest absolute Gasteiger partial charge is 0.255 e. The number of rotatable bonds is 3. The Morgan fingerprint density at radius 3 is 2.94 bits per heavy atom. The number of nitrogens with zero attached hydrogens (tertiary/aromatic N) is 1. The van der Waals surface area contributed by atoms with Gasteiger partial charge in [0.05, 0.1) is 10.6 Å². The number of hydrogen-bond acceptors (Lipinski definition) is 1. The van der Waals surface area contributed by atoms with Gasteiger partial charge >= 0.3 is 0 Å². The Morgan fingerprint density at radius 1 is 1.47 bits per heavy atom.